The third kappa shape index (κ3) is 2.77. The fourth-order valence-corrected chi connectivity index (χ4v) is 2.95. The van der Waals surface area contributed by atoms with Crippen LogP contribution in [0.4, 0.5) is 17.5 Å². The average Bonchev–Trinajstić information content (AvgIpc) is 3.06. The maximum atomic E-state index is 6.90. The summed E-state index contributed by atoms with van der Waals surface area (Å²) < 4.78 is 2.23. The number of nitrogens with zero attached hydrogens (tertiary/aromatic N) is 6. The first-order valence-corrected chi connectivity index (χ1v) is 7.83. The molecule has 0 radical (unpaired) electrons. The van der Waals surface area contributed by atoms with Crippen molar-refractivity contribution in [3.05, 3.63) is 42.4 Å². The molecule has 1 aliphatic heterocycles. The van der Waals surface area contributed by atoms with Crippen molar-refractivity contribution in [2.24, 2.45) is 0 Å². The largest absolute Gasteiger partial charge is 0.359 e. The molecule has 1 fully saturated rings. The SMILES string of the molecule is [C-]#[N+]c1cnc(Nc2cc3c(cn2)ncn3C2CCNCC2)cn1. The number of fused-ring (bicyclic) bond motifs is 1. The molecule has 1 aliphatic rings. The monoisotopic (exact) mass is 320 g/mol. The predicted octanol–water partition coefficient (Wildman–Crippen LogP) is 2.44. The van der Waals surface area contributed by atoms with Crippen LogP contribution >= 0.6 is 0 Å². The number of aromatic nitrogens is 5. The van der Waals surface area contributed by atoms with Crippen molar-refractivity contribution < 1.29 is 0 Å². The van der Waals surface area contributed by atoms with Crippen LogP contribution in [0.3, 0.4) is 0 Å². The summed E-state index contributed by atoms with van der Waals surface area (Å²) in [7, 11) is 0. The van der Waals surface area contributed by atoms with E-state index >= 15 is 0 Å². The molecule has 8 heteroatoms. The lowest BCUT2D eigenvalue weighted by Crippen LogP contribution is -2.29. The minimum atomic E-state index is 0.271. The zero-order valence-electron chi connectivity index (χ0n) is 13.0. The highest BCUT2D eigenvalue weighted by Crippen LogP contribution is 2.25. The topological polar surface area (TPSA) is 84.9 Å². The summed E-state index contributed by atoms with van der Waals surface area (Å²) in [6, 6.07) is 2.44. The van der Waals surface area contributed by atoms with E-state index in [-0.39, 0.29) is 5.82 Å². The first kappa shape index (κ1) is 14.5. The van der Waals surface area contributed by atoms with Gasteiger partial charge in [-0.15, -0.1) is 4.98 Å². The quantitative estimate of drug-likeness (QED) is 0.721. The van der Waals surface area contributed by atoms with Crippen LogP contribution in [0, 0.1) is 6.57 Å². The lowest BCUT2D eigenvalue weighted by Gasteiger charge is -2.24. The van der Waals surface area contributed by atoms with Crippen molar-refractivity contribution >= 4 is 28.5 Å². The highest BCUT2D eigenvalue weighted by Gasteiger charge is 2.17. The van der Waals surface area contributed by atoms with Gasteiger partial charge < -0.3 is 20.0 Å². The molecule has 2 N–H and O–H groups in total. The molecule has 0 aliphatic carbocycles. The Morgan fingerprint density at radius 3 is 2.67 bits per heavy atom. The molecule has 0 unspecified atom stereocenters. The molecule has 0 saturated carbocycles. The summed E-state index contributed by atoms with van der Waals surface area (Å²) in [5.74, 6) is 1.51. The Kier molecular flexibility index (Phi) is 3.76. The first-order valence-electron chi connectivity index (χ1n) is 7.83. The molecular weight excluding hydrogens is 304 g/mol. The Balaban J connectivity index is 1.62. The Morgan fingerprint density at radius 2 is 1.92 bits per heavy atom. The number of hydrogen-bond acceptors (Lipinski definition) is 6. The lowest BCUT2D eigenvalue weighted by molar-refractivity contribution is 0.374. The molecule has 4 heterocycles. The number of pyridine rings is 1. The Bertz CT molecular complexity index is 887. The summed E-state index contributed by atoms with van der Waals surface area (Å²) in [5.41, 5.74) is 1.94. The zero-order valence-corrected chi connectivity index (χ0v) is 13.0. The van der Waals surface area contributed by atoms with Crippen molar-refractivity contribution in [1.29, 1.82) is 0 Å². The average molecular weight is 320 g/mol. The van der Waals surface area contributed by atoms with Crippen LogP contribution in [0.15, 0.2) is 31.0 Å². The van der Waals surface area contributed by atoms with Crippen LogP contribution < -0.4 is 10.6 Å². The fourth-order valence-electron chi connectivity index (χ4n) is 2.95. The number of anilines is 2. The van der Waals surface area contributed by atoms with Gasteiger partial charge in [0.05, 0.1) is 24.2 Å². The Labute approximate surface area is 138 Å². The van der Waals surface area contributed by atoms with Gasteiger partial charge in [-0.1, -0.05) is 6.57 Å². The zero-order chi connectivity index (χ0) is 16.4. The predicted molar refractivity (Wildman–Crippen MR) is 90.2 cm³/mol. The molecule has 4 rings (SSSR count). The molecule has 8 nitrogen and oxygen atoms in total. The third-order valence-corrected chi connectivity index (χ3v) is 4.17. The second-order valence-corrected chi connectivity index (χ2v) is 5.69. The van der Waals surface area contributed by atoms with E-state index in [1.54, 1.807) is 6.20 Å². The summed E-state index contributed by atoms with van der Waals surface area (Å²) in [4.78, 5) is 20.2. The molecular formula is C16H16N8. The van der Waals surface area contributed by atoms with E-state index in [2.05, 4.69) is 40.0 Å². The van der Waals surface area contributed by atoms with Crippen molar-refractivity contribution in [1.82, 2.24) is 29.8 Å². The van der Waals surface area contributed by atoms with Gasteiger partial charge in [-0.05, 0) is 25.9 Å². The van der Waals surface area contributed by atoms with Gasteiger partial charge >= 0.3 is 0 Å². The van der Waals surface area contributed by atoms with Gasteiger partial charge in [0.2, 0.25) is 0 Å². The number of rotatable bonds is 3. The van der Waals surface area contributed by atoms with Gasteiger partial charge in [0.25, 0.3) is 5.82 Å². The number of imidazole rings is 1. The first-order chi connectivity index (χ1) is 11.8. The molecule has 0 spiro atoms. The van der Waals surface area contributed by atoms with E-state index in [4.69, 9.17) is 6.57 Å². The van der Waals surface area contributed by atoms with Crippen LogP contribution in [-0.4, -0.2) is 37.6 Å². The van der Waals surface area contributed by atoms with E-state index < -0.39 is 0 Å². The molecule has 24 heavy (non-hydrogen) atoms. The Morgan fingerprint density at radius 1 is 1.08 bits per heavy atom. The van der Waals surface area contributed by atoms with Crippen LogP contribution in [0.2, 0.25) is 0 Å². The van der Waals surface area contributed by atoms with Gasteiger partial charge in [-0.2, -0.15) is 0 Å². The lowest BCUT2D eigenvalue weighted by atomic mass is 10.1. The second kappa shape index (κ2) is 6.22. The van der Waals surface area contributed by atoms with Gasteiger partial charge in [0, 0.05) is 12.1 Å². The van der Waals surface area contributed by atoms with Crippen molar-refractivity contribution in [2.45, 2.75) is 18.9 Å². The molecule has 0 aromatic carbocycles. The summed E-state index contributed by atoms with van der Waals surface area (Å²) in [5, 5.41) is 6.51. The molecule has 0 bridgehead atoms. The van der Waals surface area contributed by atoms with E-state index in [1.165, 1.54) is 12.4 Å². The summed E-state index contributed by atoms with van der Waals surface area (Å²) in [6.45, 7) is 8.97. The van der Waals surface area contributed by atoms with Crippen molar-refractivity contribution in [3.8, 4) is 0 Å². The maximum absolute atomic E-state index is 6.90. The number of nitrogens with one attached hydrogen (secondary N) is 2. The third-order valence-electron chi connectivity index (χ3n) is 4.17. The molecule has 0 atom stereocenters. The molecule has 3 aromatic rings. The van der Waals surface area contributed by atoms with Gasteiger partial charge in [-0.25, -0.2) is 15.0 Å². The molecule has 120 valence electrons. The van der Waals surface area contributed by atoms with Crippen LogP contribution in [0.1, 0.15) is 18.9 Å². The van der Waals surface area contributed by atoms with Crippen LogP contribution in [-0.2, 0) is 0 Å². The minimum Gasteiger partial charge on any atom is -0.359 e. The number of piperidine rings is 1. The van der Waals surface area contributed by atoms with Crippen LogP contribution in [0.25, 0.3) is 15.9 Å². The van der Waals surface area contributed by atoms with Gasteiger partial charge in [0.1, 0.15) is 11.3 Å². The summed E-state index contributed by atoms with van der Waals surface area (Å²) in [6.07, 6.45) is 8.82. The minimum absolute atomic E-state index is 0.271. The smallest absolute Gasteiger partial charge is 0.288 e. The van der Waals surface area contributed by atoms with Crippen molar-refractivity contribution in [3.63, 3.8) is 0 Å². The maximum Gasteiger partial charge on any atom is 0.288 e. The second-order valence-electron chi connectivity index (χ2n) is 5.69. The van der Waals surface area contributed by atoms with E-state index in [1.807, 2.05) is 12.4 Å². The normalized spacial score (nSPS) is 15.3. The van der Waals surface area contributed by atoms with E-state index in [9.17, 15) is 0 Å². The molecule has 1 saturated heterocycles. The van der Waals surface area contributed by atoms with Crippen molar-refractivity contribution in [2.75, 3.05) is 18.4 Å². The molecule has 0 amide bonds. The Hall–Kier alpha value is -3.05. The van der Waals surface area contributed by atoms with Gasteiger partial charge in [0.15, 0.2) is 12.0 Å². The highest BCUT2D eigenvalue weighted by molar-refractivity contribution is 5.78. The number of hydrogen-bond donors (Lipinski definition) is 2. The summed E-state index contributed by atoms with van der Waals surface area (Å²) >= 11 is 0. The fraction of sp³-hybridized carbons (Fsp3) is 0.312. The van der Waals surface area contributed by atoms with E-state index in [0.717, 1.165) is 37.0 Å². The van der Waals surface area contributed by atoms with Gasteiger partial charge in [-0.3, -0.25) is 0 Å². The van der Waals surface area contributed by atoms with E-state index in [0.29, 0.717) is 17.7 Å². The van der Waals surface area contributed by atoms with Crippen LogP contribution in [0.5, 0.6) is 0 Å². The molecule has 3 aromatic heterocycles. The standard InChI is InChI=1S/C16H16N8/c1-17-15-8-21-16(9-20-15)23-14-6-13-12(7-19-14)22-10-24(13)11-2-4-18-5-3-11/h6-11,18H,2-5H2,(H,19,21,23). The highest BCUT2D eigenvalue weighted by atomic mass is 15.1.